The molecule has 0 spiro atoms. The number of sulfonamides is 1. The molecule has 2 N–H and O–H groups in total. The van der Waals surface area contributed by atoms with Gasteiger partial charge in [-0.1, -0.05) is 12.1 Å². The monoisotopic (exact) mass is 384 g/mol. The Balaban J connectivity index is 1.56. The number of hydrogen-bond donors (Lipinski definition) is 2. The lowest BCUT2D eigenvalue weighted by Gasteiger charge is -2.06. The van der Waals surface area contributed by atoms with Crippen molar-refractivity contribution in [3.05, 3.63) is 54.1 Å². The predicted octanol–water partition coefficient (Wildman–Crippen LogP) is 1.66. The molecule has 0 unspecified atom stereocenters. The summed E-state index contributed by atoms with van der Waals surface area (Å²) in [7, 11) is -3.58. The maximum absolute atomic E-state index is 12.0. The van der Waals surface area contributed by atoms with Crippen LogP contribution in [0.5, 0.6) is 5.75 Å². The average molecular weight is 384 g/mol. The number of amidine groups is 1. The number of nitrogens with zero attached hydrogens (tertiary/aromatic N) is 2. The summed E-state index contributed by atoms with van der Waals surface area (Å²) in [5, 5.41) is 11.2. The van der Waals surface area contributed by atoms with Gasteiger partial charge in [-0.2, -0.15) is 5.26 Å². The molecule has 3 rings (SSSR count). The Labute approximate surface area is 156 Å². The van der Waals surface area contributed by atoms with Crippen molar-refractivity contribution < 1.29 is 17.9 Å². The molecule has 0 saturated carbocycles. The molecule has 0 saturated heterocycles. The van der Waals surface area contributed by atoms with E-state index in [4.69, 9.17) is 10.00 Å². The zero-order valence-corrected chi connectivity index (χ0v) is 15.0. The van der Waals surface area contributed by atoms with Crippen LogP contribution in [0.15, 0.2) is 58.4 Å². The Hall–Kier alpha value is -3.38. The number of hydrogen-bond acceptors (Lipinski definition) is 6. The van der Waals surface area contributed by atoms with Crippen LogP contribution in [0.4, 0.5) is 5.69 Å². The predicted molar refractivity (Wildman–Crippen MR) is 99.0 cm³/mol. The number of carbonyl (C=O) groups is 1. The molecule has 2 aromatic carbocycles. The van der Waals surface area contributed by atoms with Crippen molar-refractivity contribution in [2.24, 2.45) is 4.99 Å². The van der Waals surface area contributed by atoms with Crippen LogP contribution in [-0.2, 0) is 14.8 Å². The number of amides is 1. The average Bonchev–Trinajstić information content (AvgIpc) is 2.92. The van der Waals surface area contributed by atoms with E-state index < -0.39 is 10.0 Å². The number of benzene rings is 2. The van der Waals surface area contributed by atoms with Gasteiger partial charge in [0, 0.05) is 17.7 Å². The number of rotatable bonds is 6. The number of nitrogens with one attached hydrogen (secondary N) is 2. The molecule has 1 aliphatic heterocycles. The molecular formula is C18H16N4O4S. The van der Waals surface area contributed by atoms with Crippen LogP contribution in [0.25, 0.3) is 0 Å². The van der Waals surface area contributed by atoms with Crippen molar-refractivity contribution in [3.63, 3.8) is 0 Å². The Morgan fingerprint density at radius 1 is 1.19 bits per heavy atom. The molecule has 8 nitrogen and oxygen atoms in total. The fraction of sp³-hybridized carbons (Fsp3) is 0.167. The van der Waals surface area contributed by atoms with Gasteiger partial charge in [-0.15, -0.1) is 0 Å². The Morgan fingerprint density at radius 2 is 1.93 bits per heavy atom. The van der Waals surface area contributed by atoms with E-state index in [1.54, 1.807) is 42.5 Å². The third kappa shape index (κ3) is 4.43. The van der Waals surface area contributed by atoms with Gasteiger partial charge in [0.2, 0.25) is 5.91 Å². The zero-order chi connectivity index (χ0) is 19.3. The van der Waals surface area contributed by atoms with Gasteiger partial charge >= 0.3 is 0 Å². The van der Waals surface area contributed by atoms with Crippen LogP contribution in [0.3, 0.4) is 0 Å². The quantitative estimate of drug-likeness (QED) is 0.785. The number of anilines is 1. The molecular weight excluding hydrogens is 368 g/mol. The van der Waals surface area contributed by atoms with Gasteiger partial charge in [0.05, 0.1) is 11.4 Å². The largest absolute Gasteiger partial charge is 0.479 e. The van der Waals surface area contributed by atoms with Crippen LogP contribution in [-0.4, -0.2) is 33.3 Å². The standard InChI is InChI=1S/C18H16N4O4S/c19-10-12-26-14-7-5-13(6-8-14)21-17(23)9-11-20-18-15-3-1-2-4-16(15)27(24,25)22-18/h1-8H,9,11-12H2,(H,20,22)(H,21,23). The summed E-state index contributed by atoms with van der Waals surface area (Å²) in [6, 6.07) is 15.1. The van der Waals surface area contributed by atoms with Gasteiger partial charge in [0.1, 0.15) is 17.7 Å². The Morgan fingerprint density at radius 3 is 2.67 bits per heavy atom. The molecule has 0 radical (unpaired) electrons. The molecule has 0 fully saturated rings. The van der Waals surface area contributed by atoms with E-state index in [-0.39, 0.29) is 36.2 Å². The molecule has 0 bridgehead atoms. The zero-order valence-electron chi connectivity index (χ0n) is 14.2. The highest BCUT2D eigenvalue weighted by Crippen LogP contribution is 2.22. The van der Waals surface area contributed by atoms with Gasteiger partial charge in [0.15, 0.2) is 6.61 Å². The van der Waals surface area contributed by atoms with Crippen molar-refractivity contribution in [2.45, 2.75) is 11.3 Å². The maximum Gasteiger partial charge on any atom is 0.263 e. The summed E-state index contributed by atoms with van der Waals surface area (Å²) in [6.45, 7) is 0.0975. The highest BCUT2D eigenvalue weighted by atomic mass is 32.2. The van der Waals surface area contributed by atoms with Crippen LogP contribution >= 0.6 is 0 Å². The summed E-state index contributed by atoms with van der Waals surface area (Å²) >= 11 is 0. The molecule has 0 aromatic heterocycles. The van der Waals surface area contributed by atoms with Crippen molar-refractivity contribution in [3.8, 4) is 11.8 Å². The minimum Gasteiger partial charge on any atom is -0.479 e. The lowest BCUT2D eigenvalue weighted by atomic mass is 10.2. The molecule has 9 heteroatoms. The summed E-state index contributed by atoms with van der Waals surface area (Å²) in [4.78, 5) is 16.4. The third-order valence-electron chi connectivity index (χ3n) is 3.71. The number of fused-ring (bicyclic) bond motifs is 1. The highest BCUT2D eigenvalue weighted by Gasteiger charge is 2.29. The lowest BCUT2D eigenvalue weighted by Crippen LogP contribution is -2.23. The van der Waals surface area contributed by atoms with Crippen LogP contribution in [0.2, 0.25) is 0 Å². The smallest absolute Gasteiger partial charge is 0.263 e. The van der Waals surface area contributed by atoms with E-state index in [0.29, 0.717) is 17.0 Å². The molecule has 1 heterocycles. The number of carbonyl (C=O) groups excluding carboxylic acids is 1. The number of nitriles is 1. The first-order valence-corrected chi connectivity index (χ1v) is 9.54. The van der Waals surface area contributed by atoms with Crippen LogP contribution in [0, 0.1) is 11.3 Å². The fourth-order valence-electron chi connectivity index (χ4n) is 2.49. The van der Waals surface area contributed by atoms with Gasteiger partial charge in [-0.05, 0) is 36.4 Å². The van der Waals surface area contributed by atoms with E-state index in [1.165, 1.54) is 6.07 Å². The second-order valence-electron chi connectivity index (χ2n) is 5.60. The molecule has 2 aromatic rings. The molecule has 1 amide bonds. The third-order valence-corrected chi connectivity index (χ3v) is 5.11. The summed E-state index contributed by atoms with van der Waals surface area (Å²) < 4.78 is 31.5. The Bertz CT molecular complexity index is 1020. The van der Waals surface area contributed by atoms with E-state index in [9.17, 15) is 13.2 Å². The van der Waals surface area contributed by atoms with E-state index in [2.05, 4.69) is 15.0 Å². The van der Waals surface area contributed by atoms with Crippen molar-refractivity contribution in [2.75, 3.05) is 18.5 Å². The summed E-state index contributed by atoms with van der Waals surface area (Å²) in [6.07, 6.45) is 0.0973. The number of aliphatic imine (C=N–C) groups is 1. The second kappa shape index (κ2) is 7.88. The molecule has 138 valence electrons. The first kappa shape index (κ1) is 18.4. The van der Waals surface area contributed by atoms with Crippen molar-refractivity contribution >= 4 is 27.5 Å². The molecule has 0 aliphatic carbocycles. The topological polar surface area (TPSA) is 121 Å². The van der Waals surface area contributed by atoms with E-state index in [1.807, 2.05) is 6.07 Å². The first-order valence-electron chi connectivity index (χ1n) is 8.06. The minimum absolute atomic E-state index is 0.0427. The van der Waals surface area contributed by atoms with Crippen molar-refractivity contribution in [1.29, 1.82) is 5.26 Å². The highest BCUT2D eigenvalue weighted by molar-refractivity contribution is 7.90. The lowest BCUT2D eigenvalue weighted by molar-refractivity contribution is -0.116. The van der Waals surface area contributed by atoms with Gasteiger partial charge in [0.25, 0.3) is 10.0 Å². The van der Waals surface area contributed by atoms with E-state index >= 15 is 0 Å². The normalized spacial score (nSPS) is 15.4. The van der Waals surface area contributed by atoms with Gasteiger partial charge in [-0.3, -0.25) is 14.5 Å². The maximum atomic E-state index is 12.0. The minimum atomic E-state index is -3.58. The summed E-state index contributed by atoms with van der Waals surface area (Å²) in [5.41, 5.74) is 1.09. The molecule has 27 heavy (non-hydrogen) atoms. The Kier molecular flexibility index (Phi) is 5.38. The summed E-state index contributed by atoms with van der Waals surface area (Å²) in [5.74, 6) is 0.532. The van der Waals surface area contributed by atoms with Crippen molar-refractivity contribution in [1.82, 2.24) is 4.72 Å². The molecule has 0 atom stereocenters. The first-order chi connectivity index (χ1) is 13.0. The molecule has 1 aliphatic rings. The van der Waals surface area contributed by atoms with Crippen LogP contribution in [0.1, 0.15) is 12.0 Å². The van der Waals surface area contributed by atoms with Crippen LogP contribution < -0.4 is 14.8 Å². The van der Waals surface area contributed by atoms with E-state index in [0.717, 1.165) is 0 Å². The fourth-order valence-corrected chi connectivity index (χ4v) is 3.75. The second-order valence-corrected chi connectivity index (χ2v) is 7.25. The SMILES string of the molecule is N#CCOc1ccc(NC(=O)CCN=C2NS(=O)(=O)c3ccccc32)cc1. The van der Waals surface area contributed by atoms with Gasteiger partial charge < -0.3 is 10.1 Å². The number of ether oxygens (including phenoxy) is 1. The van der Waals surface area contributed by atoms with Gasteiger partial charge in [-0.25, -0.2) is 8.42 Å².